The van der Waals surface area contributed by atoms with E-state index in [9.17, 15) is 27.9 Å². The summed E-state index contributed by atoms with van der Waals surface area (Å²) in [5.74, 6) is -4.53. The Bertz CT molecular complexity index is 1350. The van der Waals surface area contributed by atoms with Crippen molar-refractivity contribution in [2.24, 2.45) is 0 Å². The Kier molecular flexibility index (Phi) is 6.39. The molecule has 180 valence electrons. The monoisotopic (exact) mass is 481 g/mol. The number of hydrogen-bond donors (Lipinski definition) is 1. The zero-order valence-corrected chi connectivity index (χ0v) is 19.2. The number of hydrogen-bond acceptors (Lipinski definition) is 4. The largest absolute Gasteiger partial charge is 0.507 e. The molecule has 0 saturated carbocycles. The van der Waals surface area contributed by atoms with E-state index >= 15 is 0 Å². The fourth-order valence-electron chi connectivity index (χ4n) is 4.21. The summed E-state index contributed by atoms with van der Waals surface area (Å²) in [7, 11) is 1.51. The summed E-state index contributed by atoms with van der Waals surface area (Å²) in [5, 5.41) is 11.3. The molecule has 1 atom stereocenters. The van der Waals surface area contributed by atoms with Crippen molar-refractivity contribution in [2.75, 3.05) is 12.0 Å². The number of aliphatic hydroxyl groups excluding tert-OH is 1. The first-order valence-electron chi connectivity index (χ1n) is 10.8. The molecule has 1 aliphatic rings. The van der Waals surface area contributed by atoms with E-state index in [1.54, 1.807) is 12.1 Å². The van der Waals surface area contributed by atoms with Crippen molar-refractivity contribution < 1.29 is 32.6 Å². The van der Waals surface area contributed by atoms with E-state index in [-0.39, 0.29) is 28.3 Å². The van der Waals surface area contributed by atoms with Crippen LogP contribution in [0.1, 0.15) is 42.5 Å². The van der Waals surface area contributed by atoms with Gasteiger partial charge in [0.2, 0.25) is 0 Å². The number of amides is 1. The van der Waals surface area contributed by atoms with Crippen LogP contribution in [-0.2, 0) is 9.59 Å². The van der Waals surface area contributed by atoms with Gasteiger partial charge in [0.25, 0.3) is 11.7 Å². The van der Waals surface area contributed by atoms with Crippen LogP contribution in [0.5, 0.6) is 5.75 Å². The maximum absolute atomic E-state index is 14.7. The van der Waals surface area contributed by atoms with Gasteiger partial charge in [-0.25, -0.2) is 13.2 Å². The molecule has 0 spiro atoms. The summed E-state index contributed by atoms with van der Waals surface area (Å²) in [6, 6.07) is 11.0. The molecule has 3 aromatic rings. The molecule has 0 radical (unpaired) electrons. The molecule has 0 bridgehead atoms. The molecule has 1 fully saturated rings. The first-order valence-corrected chi connectivity index (χ1v) is 10.8. The van der Waals surface area contributed by atoms with E-state index < -0.39 is 40.9 Å². The zero-order valence-electron chi connectivity index (χ0n) is 19.2. The second-order valence-corrected chi connectivity index (χ2v) is 8.43. The Labute approximate surface area is 200 Å². The minimum Gasteiger partial charge on any atom is -0.507 e. The van der Waals surface area contributed by atoms with Gasteiger partial charge in [0, 0.05) is 11.6 Å². The number of ketones is 1. The standard InChI is InChI=1S/C27H22F3NO4/c1-14(2)19-12-16(6-11-22(19)35-3)25(32)23-24(15-4-7-17(28)8-5-15)31(27(34)26(23)33)21-10-9-18(29)13-20(21)30/h4-14,24,32H,1-3H3/b25-23-. The smallest absolute Gasteiger partial charge is 0.300 e. The number of Topliss-reactive ketones (excluding diaryl/α,β-unsaturated/α-hetero) is 1. The third-order valence-corrected chi connectivity index (χ3v) is 5.92. The average molecular weight is 481 g/mol. The predicted molar refractivity (Wildman–Crippen MR) is 125 cm³/mol. The van der Waals surface area contributed by atoms with Gasteiger partial charge >= 0.3 is 0 Å². The normalized spacial score (nSPS) is 17.3. The van der Waals surface area contributed by atoms with Gasteiger partial charge in [0.15, 0.2) is 0 Å². The van der Waals surface area contributed by atoms with Gasteiger partial charge in [0.05, 0.1) is 24.4 Å². The number of halogens is 3. The number of nitrogens with zero attached hydrogens (tertiary/aromatic N) is 1. The highest BCUT2D eigenvalue weighted by molar-refractivity contribution is 6.51. The van der Waals surface area contributed by atoms with Crippen LogP contribution < -0.4 is 9.64 Å². The maximum Gasteiger partial charge on any atom is 0.300 e. The van der Waals surface area contributed by atoms with Crippen molar-refractivity contribution in [1.82, 2.24) is 0 Å². The van der Waals surface area contributed by atoms with Gasteiger partial charge in [-0.2, -0.15) is 0 Å². The number of carbonyl (C=O) groups excluding carboxylic acids is 2. The molecule has 1 N–H and O–H groups in total. The van der Waals surface area contributed by atoms with E-state index in [1.807, 2.05) is 13.8 Å². The second-order valence-electron chi connectivity index (χ2n) is 8.43. The van der Waals surface area contributed by atoms with Gasteiger partial charge in [-0.15, -0.1) is 0 Å². The lowest BCUT2D eigenvalue weighted by molar-refractivity contribution is -0.132. The molecule has 35 heavy (non-hydrogen) atoms. The molecule has 5 nitrogen and oxygen atoms in total. The van der Waals surface area contributed by atoms with E-state index in [1.165, 1.54) is 25.3 Å². The van der Waals surface area contributed by atoms with Crippen molar-refractivity contribution in [1.29, 1.82) is 0 Å². The van der Waals surface area contributed by atoms with Crippen LogP contribution in [0, 0.1) is 17.5 Å². The fourth-order valence-corrected chi connectivity index (χ4v) is 4.21. The van der Waals surface area contributed by atoms with Gasteiger partial charge in [0.1, 0.15) is 29.0 Å². The van der Waals surface area contributed by atoms with Crippen LogP contribution in [0.25, 0.3) is 5.76 Å². The van der Waals surface area contributed by atoms with Crippen LogP contribution >= 0.6 is 0 Å². The van der Waals surface area contributed by atoms with Crippen LogP contribution in [0.15, 0.2) is 66.2 Å². The average Bonchev–Trinajstić information content (AvgIpc) is 3.09. The molecule has 1 saturated heterocycles. The van der Waals surface area contributed by atoms with E-state index in [0.717, 1.165) is 34.7 Å². The predicted octanol–water partition coefficient (Wildman–Crippen LogP) is 5.86. The first-order chi connectivity index (χ1) is 16.6. The Morgan fingerprint density at radius 2 is 1.60 bits per heavy atom. The topological polar surface area (TPSA) is 66.8 Å². The van der Waals surface area contributed by atoms with Crippen LogP contribution in [0.3, 0.4) is 0 Å². The summed E-state index contributed by atoms with van der Waals surface area (Å²) < 4.78 is 47.3. The van der Waals surface area contributed by atoms with Crippen molar-refractivity contribution in [3.8, 4) is 5.75 Å². The Morgan fingerprint density at radius 1 is 0.943 bits per heavy atom. The van der Waals surface area contributed by atoms with Gasteiger partial charge in [-0.3, -0.25) is 14.5 Å². The number of aliphatic hydroxyl groups is 1. The van der Waals surface area contributed by atoms with Crippen molar-refractivity contribution in [2.45, 2.75) is 25.8 Å². The summed E-state index contributed by atoms with van der Waals surface area (Å²) in [6.45, 7) is 3.85. The van der Waals surface area contributed by atoms with Crippen molar-refractivity contribution in [3.05, 3.63) is 100 Å². The highest BCUT2D eigenvalue weighted by Crippen LogP contribution is 2.43. The Hall–Kier alpha value is -4.07. The maximum atomic E-state index is 14.7. The molecule has 0 aliphatic carbocycles. The van der Waals surface area contributed by atoms with Gasteiger partial charge < -0.3 is 9.84 Å². The lowest BCUT2D eigenvalue weighted by Gasteiger charge is -2.26. The summed E-state index contributed by atoms with van der Waals surface area (Å²) in [4.78, 5) is 27.1. The molecular formula is C27H22F3NO4. The molecule has 4 rings (SSSR count). The molecule has 3 aromatic carbocycles. The zero-order chi connectivity index (χ0) is 25.4. The van der Waals surface area contributed by atoms with Crippen molar-refractivity contribution in [3.63, 3.8) is 0 Å². The number of carbonyl (C=O) groups is 2. The van der Waals surface area contributed by atoms with Gasteiger partial charge in [-0.1, -0.05) is 26.0 Å². The molecule has 0 aromatic heterocycles. The number of benzene rings is 3. The quantitative estimate of drug-likeness (QED) is 0.282. The molecule has 1 unspecified atom stereocenters. The molecule has 1 amide bonds. The summed E-state index contributed by atoms with van der Waals surface area (Å²) >= 11 is 0. The molecule has 1 aliphatic heterocycles. The number of methoxy groups -OCH3 is 1. The minimum absolute atomic E-state index is 0.0151. The second kappa shape index (κ2) is 9.29. The SMILES string of the molecule is COc1ccc(/C(O)=C2/C(=O)C(=O)N(c3ccc(F)cc3F)C2c2ccc(F)cc2)cc1C(C)C. The third kappa shape index (κ3) is 4.27. The fraction of sp³-hybridized carbons (Fsp3) is 0.185. The number of rotatable bonds is 5. The third-order valence-electron chi connectivity index (χ3n) is 5.92. The van der Waals surface area contributed by atoms with Crippen molar-refractivity contribution >= 4 is 23.1 Å². The van der Waals surface area contributed by atoms with E-state index in [0.29, 0.717) is 11.8 Å². The number of anilines is 1. The summed E-state index contributed by atoms with van der Waals surface area (Å²) in [5.41, 5.74) is 0.617. The van der Waals surface area contributed by atoms with E-state index in [2.05, 4.69) is 0 Å². The number of ether oxygens (including phenoxy) is 1. The lowest BCUT2D eigenvalue weighted by Crippen LogP contribution is -2.30. The minimum atomic E-state index is -1.28. The Morgan fingerprint density at radius 3 is 2.20 bits per heavy atom. The Balaban J connectivity index is 1.96. The first kappa shape index (κ1) is 24.1. The van der Waals surface area contributed by atoms with Crippen LogP contribution in [0.2, 0.25) is 0 Å². The van der Waals surface area contributed by atoms with E-state index in [4.69, 9.17) is 4.74 Å². The molecular weight excluding hydrogens is 459 g/mol. The molecule has 8 heteroatoms. The van der Waals surface area contributed by atoms with Crippen LogP contribution in [-0.4, -0.2) is 23.9 Å². The highest BCUT2D eigenvalue weighted by atomic mass is 19.1. The summed E-state index contributed by atoms with van der Waals surface area (Å²) in [6.07, 6.45) is 0. The van der Waals surface area contributed by atoms with Gasteiger partial charge in [-0.05, 0) is 59.5 Å². The lowest BCUT2D eigenvalue weighted by atomic mass is 9.93. The highest BCUT2D eigenvalue weighted by Gasteiger charge is 2.47. The van der Waals surface area contributed by atoms with Crippen LogP contribution in [0.4, 0.5) is 18.9 Å². The molecule has 1 heterocycles.